The van der Waals surface area contributed by atoms with Gasteiger partial charge >= 0.3 is 12.0 Å². The van der Waals surface area contributed by atoms with Gasteiger partial charge in [0.25, 0.3) is 0 Å². The lowest BCUT2D eigenvalue weighted by molar-refractivity contribution is 0.103. The van der Waals surface area contributed by atoms with Gasteiger partial charge in [0.15, 0.2) is 0 Å². The summed E-state index contributed by atoms with van der Waals surface area (Å²) in [5.74, 6) is 1.58. The molecule has 0 amide bonds. The molecule has 1 heterocycles. The highest BCUT2D eigenvalue weighted by Gasteiger charge is 2.29. The molecule has 4 rings (SSSR count). The summed E-state index contributed by atoms with van der Waals surface area (Å²) < 4.78 is 5.92. The lowest BCUT2D eigenvalue weighted by atomic mass is 9.93. The van der Waals surface area contributed by atoms with Crippen molar-refractivity contribution in [3.63, 3.8) is 0 Å². The lowest BCUT2D eigenvalue weighted by Crippen LogP contribution is -2.06. The predicted octanol–water partition coefficient (Wildman–Crippen LogP) is 5.21. The molecule has 2 nitrogen and oxygen atoms in total. The normalized spacial score (nSPS) is 14.6. The molecule has 1 aliphatic rings. The SMILES string of the molecule is O=C(c1ccccc1)c1cc([C]2[CH][CH][CH][CH]2)c[o+]c1-c1ccccc1. The van der Waals surface area contributed by atoms with Gasteiger partial charge in [0, 0.05) is 11.5 Å². The Hall–Kier alpha value is -2.74. The zero-order valence-corrected chi connectivity index (χ0v) is 13.6. The largest absolute Gasteiger partial charge is 0.370 e. The van der Waals surface area contributed by atoms with Crippen molar-refractivity contribution < 1.29 is 9.21 Å². The van der Waals surface area contributed by atoms with Gasteiger partial charge in [-0.05, 0) is 43.9 Å². The monoisotopic (exact) mass is 324 g/mol. The van der Waals surface area contributed by atoms with Gasteiger partial charge in [0.2, 0.25) is 5.78 Å². The van der Waals surface area contributed by atoms with Gasteiger partial charge in [-0.1, -0.05) is 48.5 Å². The van der Waals surface area contributed by atoms with Crippen LogP contribution in [0.25, 0.3) is 11.3 Å². The number of rotatable bonds is 4. The van der Waals surface area contributed by atoms with E-state index in [0.29, 0.717) is 16.9 Å². The number of carbonyl (C=O) groups is 1. The standard InChI is InChI=1S/C23H16O2/c24-22(18-11-3-1-4-12-18)21-15-20(17-9-7-8-10-17)16-25-23(21)19-13-5-2-6-14-19/h1-16H/q+1. The Kier molecular flexibility index (Phi) is 4.43. The van der Waals surface area contributed by atoms with Crippen LogP contribution in [0.1, 0.15) is 21.5 Å². The van der Waals surface area contributed by atoms with Crippen LogP contribution >= 0.6 is 0 Å². The molecule has 0 aliphatic heterocycles. The number of hydrogen-bond donors (Lipinski definition) is 0. The maximum absolute atomic E-state index is 13.1. The maximum atomic E-state index is 13.1. The van der Waals surface area contributed by atoms with Crippen LogP contribution in [-0.2, 0) is 0 Å². The summed E-state index contributed by atoms with van der Waals surface area (Å²) >= 11 is 0. The predicted molar refractivity (Wildman–Crippen MR) is 98.0 cm³/mol. The van der Waals surface area contributed by atoms with Gasteiger partial charge in [-0.25, -0.2) is 4.42 Å². The molecule has 0 atom stereocenters. The second-order valence-electron chi connectivity index (χ2n) is 5.81. The molecule has 0 bridgehead atoms. The van der Waals surface area contributed by atoms with E-state index in [4.69, 9.17) is 4.42 Å². The highest BCUT2D eigenvalue weighted by molar-refractivity contribution is 6.12. The second kappa shape index (κ2) is 7.02. The molecule has 25 heavy (non-hydrogen) atoms. The van der Waals surface area contributed by atoms with Gasteiger partial charge in [-0.15, -0.1) is 0 Å². The third-order valence-electron chi connectivity index (χ3n) is 4.16. The summed E-state index contributed by atoms with van der Waals surface area (Å²) in [5.41, 5.74) is 2.99. The molecule has 3 aromatic rings. The average molecular weight is 324 g/mol. The third kappa shape index (κ3) is 3.25. The average Bonchev–Trinajstić information content (AvgIpc) is 3.23. The van der Waals surface area contributed by atoms with Gasteiger partial charge in [0.1, 0.15) is 5.56 Å². The van der Waals surface area contributed by atoms with E-state index in [1.54, 1.807) is 6.26 Å². The van der Waals surface area contributed by atoms with Crippen LogP contribution in [-0.4, -0.2) is 5.78 Å². The minimum absolute atomic E-state index is 0.0448. The number of carbonyl (C=O) groups excluding carboxylic acids is 1. The van der Waals surface area contributed by atoms with Crippen molar-refractivity contribution >= 4 is 5.78 Å². The number of hydrogen-bond acceptors (Lipinski definition) is 1. The molecule has 0 unspecified atom stereocenters. The summed E-state index contributed by atoms with van der Waals surface area (Å²) in [7, 11) is 0. The summed E-state index contributed by atoms with van der Waals surface area (Å²) in [5, 5.41) is 0. The second-order valence-corrected chi connectivity index (χ2v) is 5.81. The first-order valence-electron chi connectivity index (χ1n) is 8.16. The van der Waals surface area contributed by atoms with Crippen molar-refractivity contribution in [2.45, 2.75) is 0 Å². The van der Waals surface area contributed by atoms with Gasteiger partial charge in [-0.3, -0.25) is 4.79 Å². The van der Waals surface area contributed by atoms with Crippen LogP contribution in [0.5, 0.6) is 0 Å². The van der Waals surface area contributed by atoms with Crippen molar-refractivity contribution in [1.29, 1.82) is 0 Å². The Morgan fingerprint density at radius 3 is 2.08 bits per heavy atom. The van der Waals surface area contributed by atoms with E-state index in [0.717, 1.165) is 17.0 Å². The van der Waals surface area contributed by atoms with E-state index < -0.39 is 0 Å². The summed E-state index contributed by atoms with van der Waals surface area (Å²) in [6.07, 6.45) is 9.66. The van der Waals surface area contributed by atoms with Crippen LogP contribution in [0.15, 0.2) is 77.4 Å². The lowest BCUT2D eigenvalue weighted by Gasteiger charge is -2.07. The van der Waals surface area contributed by atoms with Crippen molar-refractivity contribution in [2.24, 2.45) is 0 Å². The minimum Gasteiger partial charge on any atom is -0.288 e. The summed E-state index contributed by atoms with van der Waals surface area (Å²) in [4.78, 5) is 13.1. The summed E-state index contributed by atoms with van der Waals surface area (Å²) in [6.45, 7) is 0. The van der Waals surface area contributed by atoms with E-state index in [1.807, 2.05) is 92.4 Å². The molecular weight excluding hydrogens is 308 g/mol. The molecule has 1 aromatic heterocycles. The Morgan fingerprint density at radius 1 is 0.760 bits per heavy atom. The van der Waals surface area contributed by atoms with E-state index >= 15 is 0 Å². The van der Waals surface area contributed by atoms with Crippen LogP contribution in [0, 0.1) is 31.6 Å². The quantitative estimate of drug-likeness (QED) is 0.487. The fourth-order valence-corrected chi connectivity index (χ4v) is 2.89. The van der Waals surface area contributed by atoms with Crippen molar-refractivity contribution in [2.75, 3.05) is 0 Å². The number of ketones is 1. The van der Waals surface area contributed by atoms with E-state index in [9.17, 15) is 4.79 Å². The zero-order valence-electron chi connectivity index (χ0n) is 13.6. The third-order valence-corrected chi connectivity index (χ3v) is 4.16. The van der Waals surface area contributed by atoms with Crippen LogP contribution in [0.4, 0.5) is 0 Å². The zero-order chi connectivity index (χ0) is 17.1. The molecule has 0 spiro atoms. The summed E-state index contributed by atoms with van der Waals surface area (Å²) in [6, 6.07) is 20.9. The Labute approximate surface area is 148 Å². The van der Waals surface area contributed by atoms with E-state index in [-0.39, 0.29) is 5.78 Å². The van der Waals surface area contributed by atoms with Crippen LogP contribution < -0.4 is 0 Å². The van der Waals surface area contributed by atoms with Crippen LogP contribution in [0.2, 0.25) is 0 Å². The molecule has 2 aromatic carbocycles. The van der Waals surface area contributed by atoms with E-state index in [1.165, 1.54) is 0 Å². The Bertz CT molecular complexity index is 863. The first kappa shape index (κ1) is 15.8. The van der Waals surface area contributed by atoms with Crippen LogP contribution in [0.3, 0.4) is 0 Å². The molecule has 1 fully saturated rings. The van der Waals surface area contributed by atoms with Crippen molar-refractivity contribution in [1.82, 2.24) is 0 Å². The highest BCUT2D eigenvalue weighted by Crippen LogP contribution is 2.34. The fourth-order valence-electron chi connectivity index (χ4n) is 2.89. The molecule has 1 aliphatic carbocycles. The van der Waals surface area contributed by atoms with Crippen molar-refractivity contribution in [3.8, 4) is 11.3 Å². The molecule has 0 N–H and O–H groups in total. The number of benzene rings is 2. The van der Waals surface area contributed by atoms with Gasteiger partial charge in [-0.2, -0.15) is 0 Å². The smallest absolute Gasteiger partial charge is 0.288 e. The first-order chi connectivity index (χ1) is 12.3. The molecule has 2 heteroatoms. The molecule has 119 valence electrons. The fraction of sp³-hybridized carbons (Fsp3) is 0. The maximum Gasteiger partial charge on any atom is 0.370 e. The molecular formula is C23H16O2+. The Balaban J connectivity index is 1.82. The highest BCUT2D eigenvalue weighted by atomic mass is 16.3. The van der Waals surface area contributed by atoms with Gasteiger partial charge in [0.05, 0.1) is 11.1 Å². The Morgan fingerprint density at radius 2 is 1.40 bits per heavy atom. The first-order valence-corrected chi connectivity index (χ1v) is 8.16. The van der Waals surface area contributed by atoms with E-state index in [2.05, 4.69) is 0 Å². The molecule has 1 saturated carbocycles. The topological polar surface area (TPSA) is 28.4 Å². The molecule has 0 saturated heterocycles. The molecule has 5 radical (unpaired) electrons. The minimum atomic E-state index is -0.0448. The van der Waals surface area contributed by atoms with Crippen molar-refractivity contribution in [3.05, 3.63) is 121 Å². The van der Waals surface area contributed by atoms with Gasteiger partial charge < -0.3 is 0 Å².